The Labute approximate surface area is 155 Å². The van der Waals surface area contributed by atoms with E-state index in [0.29, 0.717) is 0 Å². The second-order valence-corrected chi connectivity index (χ2v) is 8.09. The first kappa shape index (κ1) is 19.9. The van der Waals surface area contributed by atoms with Gasteiger partial charge in [0, 0.05) is 30.8 Å². The van der Waals surface area contributed by atoms with Crippen molar-refractivity contribution in [2.24, 2.45) is 0 Å². The lowest BCUT2D eigenvalue weighted by atomic mass is 9.76. The fraction of sp³-hybridized carbons (Fsp3) is 0.667. The topological polar surface area (TPSA) is 71.9 Å². The number of morpholine rings is 1. The monoisotopic (exact) mass is 388 g/mol. The number of pyridine rings is 1. The first-order valence-electron chi connectivity index (χ1n) is 8.74. The summed E-state index contributed by atoms with van der Waals surface area (Å²) in [6.07, 6.45) is -3.22. The normalized spacial score (nSPS) is 28.8. The van der Waals surface area contributed by atoms with Crippen LogP contribution in [0.2, 0.25) is 0 Å². The number of piperidine rings is 1. The third-order valence-corrected chi connectivity index (χ3v) is 4.79. The lowest BCUT2D eigenvalue weighted by Gasteiger charge is -2.51. The van der Waals surface area contributed by atoms with Crippen molar-refractivity contribution in [2.45, 2.75) is 63.1 Å². The average molecular weight is 388 g/mol. The maximum atomic E-state index is 13.4. The van der Waals surface area contributed by atoms with Gasteiger partial charge in [0.05, 0.1) is 36.5 Å². The van der Waals surface area contributed by atoms with E-state index in [0.717, 1.165) is 18.5 Å². The zero-order chi connectivity index (χ0) is 20.0. The second-order valence-electron chi connectivity index (χ2n) is 8.09. The standard InChI is InChI=1S/C18H23F3N2O4/c1-16(2,3)27-15(24)23-11-6-17(25,7-12(23)10-26-9-11)14-8-22-5-4-13(14)18(19,20)21/h4-5,8,11-12,25H,6-7,9-10H2,1-3H3. The van der Waals surface area contributed by atoms with Crippen molar-refractivity contribution in [1.29, 1.82) is 0 Å². The first-order chi connectivity index (χ1) is 12.4. The molecule has 2 atom stereocenters. The van der Waals surface area contributed by atoms with Crippen molar-refractivity contribution >= 4 is 6.09 Å². The Hall–Kier alpha value is -1.87. The Kier molecular flexibility index (Phi) is 4.88. The highest BCUT2D eigenvalue weighted by molar-refractivity contribution is 5.69. The number of carbonyl (C=O) groups excluding carboxylic acids is 1. The highest BCUT2D eigenvalue weighted by Crippen LogP contribution is 2.45. The summed E-state index contributed by atoms with van der Waals surface area (Å²) in [5.74, 6) is 0. The molecule has 0 aromatic carbocycles. The lowest BCUT2D eigenvalue weighted by molar-refractivity contribution is -0.155. The molecule has 3 rings (SSSR count). The lowest BCUT2D eigenvalue weighted by Crippen LogP contribution is -2.63. The number of fused-ring (bicyclic) bond motifs is 2. The fourth-order valence-corrected chi connectivity index (χ4v) is 3.82. The Bertz CT molecular complexity index is 703. The van der Waals surface area contributed by atoms with Crippen LogP contribution in [0.4, 0.5) is 18.0 Å². The summed E-state index contributed by atoms with van der Waals surface area (Å²) < 4.78 is 51.1. The molecule has 0 radical (unpaired) electrons. The molecule has 27 heavy (non-hydrogen) atoms. The number of hydrogen-bond acceptors (Lipinski definition) is 5. The molecule has 2 fully saturated rings. The fourth-order valence-electron chi connectivity index (χ4n) is 3.82. The van der Waals surface area contributed by atoms with E-state index in [1.165, 1.54) is 4.90 Å². The molecule has 150 valence electrons. The van der Waals surface area contributed by atoms with Gasteiger partial charge < -0.3 is 14.6 Å². The van der Waals surface area contributed by atoms with Crippen molar-refractivity contribution in [3.05, 3.63) is 29.6 Å². The molecule has 3 heterocycles. The summed E-state index contributed by atoms with van der Waals surface area (Å²) in [4.78, 5) is 17.8. The number of carbonyl (C=O) groups is 1. The van der Waals surface area contributed by atoms with Gasteiger partial charge in [-0.25, -0.2) is 4.79 Å². The minimum atomic E-state index is -4.61. The van der Waals surface area contributed by atoms with Crippen molar-refractivity contribution in [3.63, 3.8) is 0 Å². The van der Waals surface area contributed by atoms with Gasteiger partial charge in [-0.05, 0) is 26.8 Å². The molecular formula is C18H23F3N2O4. The molecule has 1 aromatic heterocycles. The third-order valence-electron chi connectivity index (χ3n) is 4.79. The first-order valence-corrected chi connectivity index (χ1v) is 8.74. The number of hydrogen-bond donors (Lipinski definition) is 1. The Morgan fingerprint density at radius 1 is 1.30 bits per heavy atom. The van der Waals surface area contributed by atoms with Crippen LogP contribution in [-0.4, -0.2) is 52.0 Å². The van der Waals surface area contributed by atoms with Crippen LogP contribution in [0.5, 0.6) is 0 Å². The second kappa shape index (κ2) is 6.63. The maximum Gasteiger partial charge on any atom is 0.416 e. The summed E-state index contributed by atoms with van der Waals surface area (Å²) in [7, 11) is 0. The van der Waals surface area contributed by atoms with E-state index in [1.54, 1.807) is 20.8 Å². The molecule has 2 bridgehead atoms. The van der Waals surface area contributed by atoms with Crippen molar-refractivity contribution in [2.75, 3.05) is 13.2 Å². The molecule has 6 nitrogen and oxygen atoms in total. The number of ether oxygens (including phenoxy) is 2. The van der Waals surface area contributed by atoms with Crippen molar-refractivity contribution in [3.8, 4) is 0 Å². The quantitative estimate of drug-likeness (QED) is 0.801. The van der Waals surface area contributed by atoms with Gasteiger partial charge in [0.1, 0.15) is 5.60 Å². The van der Waals surface area contributed by atoms with Crippen LogP contribution >= 0.6 is 0 Å². The zero-order valence-corrected chi connectivity index (χ0v) is 15.4. The van der Waals surface area contributed by atoms with Gasteiger partial charge >= 0.3 is 12.3 Å². The molecule has 2 saturated heterocycles. The molecule has 0 spiro atoms. The molecule has 1 N–H and O–H groups in total. The van der Waals surface area contributed by atoms with E-state index in [-0.39, 0.29) is 31.6 Å². The number of nitrogens with zero attached hydrogens (tertiary/aromatic N) is 2. The number of aromatic nitrogens is 1. The van der Waals surface area contributed by atoms with E-state index in [9.17, 15) is 23.1 Å². The SMILES string of the molecule is CC(C)(C)OC(=O)N1C2COCC1CC(O)(c1cnccc1C(F)(F)F)C2. The van der Waals surface area contributed by atoms with Gasteiger partial charge in [-0.15, -0.1) is 0 Å². The van der Waals surface area contributed by atoms with Crippen LogP contribution in [0.15, 0.2) is 18.5 Å². The highest BCUT2D eigenvalue weighted by Gasteiger charge is 2.52. The van der Waals surface area contributed by atoms with Crippen LogP contribution in [0.3, 0.4) is 0 Å². The molecule has 0 saturated carbocycles. The number of rotatable bonds is 1. The highest BCUT2D eigenvalue weighted by atomic mass is 19.4. The van der Waals surface area contributed by atoms with E-state index in [1.807, 2.05) is 0 Å². The molecule has 2 aliphatic rings. The average Bonchev–Trinajstić information content (AvgIpc) is 2.51. The summed E-state index contributed by atoms with van der Waals surface area (Å²) >= 11 is 0. The zero-order valence-electron chi connectivity index (χ0n) is 15.4. The molecule has 1 aromatic rings. The molecule has 2 unspecified atom stereocenters. The Morgan fingerprint density at radius 2 is 1.89 bits per heavy atom. The van der Waals surface area contributed by atoms with Gasteiger partial charge in [-0.3, -0.25) is 9.88 Å². The number of halogens is 3. The number of aliphatic hydroxyl groups is 1. The molecule has 9 heteroatoms. The van der Waals surface area contributed by atoms with Crippen molar-refractivity contribution < 1.29 is 32.5 Å². The van der Waals surface area contributed by atoms with E-state index in [4.69, 9.17) is 9.47 Å². The number of amides is 1. The van der Waals surface area contributed by atoms with Gasteiger partial charge in [0.25, 0.3) is 0 Å². The Morgan fingerprint density at radius 3 is 2.41 bits per heavy atom. The minimum Gasteiger partial charge on any atom is -0.444 e. The molecular weight excluding hydrogens is 365 g/mol. The van der Waals surface area contributed by atoms with Gasteiger partial charge in [-0.2, -0.15) is 13.2 Å². The summed E-state index contributed by atoms with van der Waals surface area (Å²) in [6.45, 7) is 5.47. The van der Waals surface area contributed by atoms with Gasteiger partial charge in [0.2, 0.25) is 0 Å². The van der Waals surface area contributed by atoms with Crippen LogP contribution < -0.4 is 0 Å². The molecule has 0 aliphatic carbocycles. The van der Waals surface area contributed by atoms with E-state index < -0.39 is 41.1 Å². The molecule has 2 aliphatic heterocycles. The van der Waals surface area contributed by atoms with Gasteiger partial charge in [-0.1, -0.05) is 0 Å². The Balaban J connectivity index is 1.92. The predicted molar refractivity (Wildman–Crippen MR) is 88.8 cm³/mol. The number of alkyl halides is 3. The van der Waals surface area contributed by atoms with Crippen LogP contribution in [0, 0.1) is 0 Å². The van der Waals surface area contributed by atoms with E-state index in [2.05, 4.69) is 4.98 Å². The maximum absolute atomic E-state index is 13.4. The van der Waals surface area contributed by atoms with Crippen LogP contribution in [0.1, 0.15) is 44.7 Å². The molecule has 1 amide bonds. The predicted octanol–water partition coefficient (Wildman–Crippen LogP) is 3.09. The van der Waals surface area contributed by atoms with Crippen molar-refractivity contribution in [1.82, 2.24) is 9.88 Å². The van der Waals surface area contributed by atoms with Crippen LogP contribution in [-0.2, 0) is 21.3 Å². The smallest absolute Gasteiger partial charge is 0.416 e. The third kappa shape index (κ3) is 4.03. The minimum absolute atomic E-state index is 0.0858. The van der Waals surface area contributed by atoms with Gasteiger partial charge in [0.15, 0.2) is 0 Å². The summed E-state index contributed by atoms with van der Waals surface area (Å²) in [5, 5.41) is 11.2. The van der Waals surface area contributed by atoms with E-state index >= 15 is 0 Å². The van der Waals surface area contributed by atoms with Crippen LogP contribution in [0.25, 0.3) is 0 Å². The summed E-state index contributed by atoms with van der Waals surface area (Å²) in [6, 6.07) is -0.308. The largest absolute Gasteiger partial charge is 0.444 e. The summed E-state index contributed by atoms with van der Waals surface area (Å²) in [5.41, 5.74) is -3.63.